The smallest absolute Gasteiger partial charge is 0.271 e. The fourth-order valence-electron chi connectivity index (χ4n) is 2.52. The van der Waals surface area contributed by atoms with Gasteiger partial charge in [0.2, 0.25) is 0 Å². The van der Waals surface area contributed by atoms with Gasteiger partial charge in [0.1, 0.15) is 0 Å². The van der Waals surface area contributed by atoms with Crippen molar-refractivity contribution < 1.29 is 9.59 Å². The molecule has 0 N–H and O–H groups in total. The van der Waals surface area contributed by atoms with Gasteiger partial charge in [-0.15, -0.1) is 0 Å². The van der Waals surface area contributed by atoms with Crippen LogP contribution in [0.5, 0.6) is 0 Å². The number of hydrogen-bond donors (Lipinski definition) is 0. The second-order valence-corrected chi connectivity index (χ2v) is 7.66. The van der Waals surface area contributed by atoms with E-state index in [1.54, 1.807) is 36.4 Å². The number of ketones is 1. The van der Waals surface area contributed by atoms with Crippen molar-refractivity contribution in [1.82, 2.24) is 0 Å². The predicted octanol–water partition coefficient (Wildman–Crippen LogP) is 5.34. The Kier molecular flexibility index (Phi) is 5.08. The Morgan fingerprint density at radius 3 is 2.40 bits per heavy atom. The largest absolute Gasteiger partial charge is 0.295 e. The van der Waals surface area contributed by atoms with E-state index in [0.29, 0.717) is 25.5 Å². The molecule has 0 saturated carbocycles. The highest BCUT2D eigenvalue weighted by Gasteiger charge is 2.35. The lowest BCUT2D eigenvalue weighted by Gasteiger charge is -2.15. The zero-order chi connectivity index (χ0) is 18.1. The number of thiocarbonyl (C=S) groups is 1. The van der Waals surface area contributed by atoms with Gasteiger partial charge in [0.05, 0.1) is 10.6 Å². The standard InChI is InChI=1S/C19H14ClNO2S2/c1-11(13-6-8-15(20)9-7-13)17-18(23)21(19(24)25-17)16-5-3-4-14(10-16)12(2)22/h3-10H,1-2H3/b17-11-. The topological polar surface area (TPSA) is 37.4 Å². The summed E-state index contributed by atoms with van der Waals surface area (Å²) >= 11 is 12.6. The van der Waals surface area contributed by atoms with Crippen LogP contribution in [0.2, 0.25) is 5.02 Å². The van der Waals surface area contributed by atoms with Gasteiger partial charge in [0.15, 0.2) is 10.1 Å². The summed E-state index contributed by atoms with van der Waals surface area (Å²) in [6, 6.07) is 14.3. The van der Waals surface area contributed by atoms with Gasteiger partial charge in [-0.25, -0.2) is 0 Å². The summed E-state index contributed by atoms with van der Waals surface area (Å²) in [5.74, 6) is -0.233. The van der Waals surface area contributed by atoms with Gasteiger partial charge in [-0.1, -0.05) is 59.8 Å². The van der Waals surface area contributed by atoms with Crippen LogP contribution in [-0.2, 0) is 4.79 Å². The molecular formula is C19H14ClNO2S2. The van der Waals surface area contributed by atoms with Gasteiger partial charge < -0.3 is 0 Å². The molecule has 3 rings (SSSR count). The minimum atomic E-state index is -0.178. The molecule has 1 saturated heterocycles. The van der Waals surface area contributed by atoms with E-state index >= 15 is 0 Å². The number of benzene rings is 2. The van der Waals surface area contributed by atoms with Crippen LogP contribution in [0, 0.1) is 0 Å². The van der Waals surface area contributed by atoms with Crippen molar-refractivity contribution in [2.24, 2.45) is 0 Å². The van der Waals surface area contributed by atoms with Gasteiger partial charge in [-0.2, -0.15) is 0 Å². The van der Waals surface area contributed by atoms with E-state index in [1.165, 1.54) is 23.6 Å². The highest BCUT2D eigenvalue weighted by Crippen LogP contribution is 2.39. The molecule has 2 aromatic carbocycles. The van der Waals surface area contributed by atoms with Crippen molar-refractivity contribution in [2.45, 2.75) is 13.8 Å². The summed E-state index contributed by atoms with van der Waals surface area (Å²) in [5, 5.41) is 0.644. The average molecular weight is 388 g/mol. The summed E-state index contributed by atoms with van der Waals surface area (Å²) < 4.78 is 0.453. The number of carbonyl (C=O) groups excluding carboxylic acids is 2. The van der Waals surface area contributed by atoms with Gasteiger partial charge in [-0.05, 0) is 49.2 Å². The Morgan fingerprint density at radius 1 is 1.08 bits per heavy atom. The molecule has 2 aromatic rings. The van der Waals surface area contributed by atoms with Crippen LogP contribution in [-0.4, -0.2) is 16.0 Å². The molecule has 1 amide bonds. The summed E-state index contributed by atoms with van der Waals surface area (Å²) in [5.41, 5.74) is 2.92. The third-order valence-electron chi connectivity index (χ3n) is 3.90. The zero-order valence-electron chi connectivity index (χ0n) is 13.6. The molecule has 1 fully saturated rings. The first-order valence-corrected chi connectivity index (χ1v) is 9.13. The molecule has 3 nitrogen and oxygen atoms in total. The molecular weight excluding hydrogens is 374 g/mol. The van der Waals surface area contributed by atoms with E-state index in [1.807, 2.05) is 19.1 Å². The van der Waals surface area contributed by atoms with Crippen molar-refractivity contribution in [3.63, 3.8) is 0 Å². The molecule has 0 aromatic heterocycles. The summed E-state index contributed by atoms with van der Waals surface area (Å²) in [4.78, 5) is 26.6. The molecule has 0 bridgehead atoms. The maximum atomic E-state index is 12.9. The molecule has 126 valence electrons. The first-order valence-electron chi connectivity index (χ1n) is 7.52. The number of carbonyl (C=O) groups is 2. The molecule has 6 heteroatoms. The molecule has 1 heterocycles. The molecule has 0 unspecified atom stereocenters. The average Bonchev–Trinajstić information content (AvgIpc) is 2.89. The lowest BCUT2D eigenvalue weighted by atomic mass is 10.1. The predicted molar refractivity (Wildman–Crippen MR) is 108 cm³/mol. The first-order chi connectivity index (χ1) is 11.9. The van der Waals surface area contributed by atoms with Gasteiger partial charge in [0.25, 0.3) is 5.91 Å². The Labute approximate surface area is 160 Å². The minimum absolute atomic E-state index is 0.0554. The van der Waals surface area contributed by atoms with Crippen LogP contribution >= 0.6 is 35.6 Å². The molecule has 0 spiro atoms. The maximum absolute atomic E-state index is 12.9. The number of Topliss-reactive ketones (excluding diaryl/α,β-unsaturated/α-hetero) is 1. The quantitative estimate of drug-likeness (QED) is 0.404. The van der Waals surface area contributed by atoms with Crippen molar-refractivity contribution in [1.29, 1.82) is 0 Å². The summed E-state index contributed by atoms with van der Waals surface area (Å²) in [6.45, 7) is 3.38. The van der Waals surface area contributed by atoms with Crippen LogP contribution in [0.25, 0.3) is 5.57 Å². The van der Waals surface area contributed by atoms with Crippen LogP contribution in [0.15, 0.2) is 53.4 Å². The monoisotopic (exact) mass is 387 g/mol. The fraction of sp³-hybridized carbons (Fsp3) is 0.105. The van der Waals surface area contributed by atoms with E-state index in [0.717, 1.165) is 11.1 Å². The number of nitrogens with zero attached hydrogens (tertiary/aromatic N) is 1. The number of amides is 1. The third kappa shape index (κ3) is 3.54. The van der Waals surface area contributed by atoms with Crippen LogP contribution in [0.3, 0.4) is 0 Å². The summed E-state index contributed by atoms with van der Waals surface area (Å²) in [7, 11) is 0. The fourth-order valence-corrected chi connectivity index (χ4v) is 3.98. The van der Waals surface area contributed by atoms with E-state index in [-0.39, 0.29) is 11.7 Å². The van der Waals surface area contributed by atoms with E-state index in [2.05, 4.69) is 0 Å². The normalized spacial score (nSPS) is 16.4. The van der Waals surface area contributed by atoms with Crippen molar-refractivity contribution >= 4 is 62.9 Å². The van der Waals surface area contributed by atoms with E-state index in [4.69, 9.17) is 23.8 Å². The Morgan fingerprint density at radius 2 is 1.76 bits per heavy atom. The van der Waals surface area contributed by atoms with Gasteiger partial charge >= 0.3 is 0 Å². The molecule has 0 radical (unpaired) electrons. The molecule has 25 heavy (non-hydrogen) atoms. The zero-order valence-corrected chi connectivity index (χ0v) is 16.0. The lowest BCUT2D eigenvalue weighted by molar-refractivity contribution is -0.113. The van der Waals surface area contributed by atoms with Crippen molar-refractivity contribution in [2.75, 3.05) is 4.90 Å². The van der Waals surface area contributed by atoms with Crippen LogP contribution < -0.4 is 4.90 Å². The summed E-state index contributed by atoms with van der Waals surface area (Å²) in [6.07, 6.45) is 0. The highest BCUT2D eigenvalue weighted by atomic mass is 35.5. The van der Waals surface area contributed by atoms with E-state index < -0.39 is 0 Å². The molecule has 0 aliphatic carbocycles. The number of anilines is 1. The number of allylic oxidation sites excluding steroid dienone is 1. The number of hydrogen-bond acceptors (Lipinski definition) is 4. The highest BCUT2D eigenvalue weighted by molar-refractivity contribution is 8.27. The molecule has 1 aliphatic heterocycles. The second-order valence-electron chi connectivity index (χ2n) is 5.58. The molecule has 0 atom stereocenters. The Bertz CT molecular complexity index is 919. The SMILES string of the molecule is CC(=O)c1cccc(N2C(=O)/C(=C(\C)c3ccc(Cl)cc3)SC2=S)c1. The lowest BCUT2D eigenvalue weighted by Crippen LogP contribution is -2.27. The van der Waals surface area contributed by atoms with Gasteiger partial charge in [-0.3, -0.25) is 14.5 Å². The Balaban J connectivity index is 2.00. The third-order valence-corrected chi connectivity index (χ3v) is 5.62. The van der Waals surface area contributed by atoms with Crippen LogP contribution in [0.4, 0.5) is 5.69 Å². The Hall–Kier alpha value is -1.95. The molecule has 1 aliphatic rings. The van der Waals surface area contributed by atoms with Crippen LogP contribution in [0.1, 0.15) is 29.8 Å². The number of thioether (sulfide) groups is 1. The number of halogens is 1. The van der Waals surface area contributed by atoms with Gasteiger partial charge in [0, 0.05) is 10.6 Å². The first kappa shape index (κ1) is 17.9. The van der Waals surface area contributed by atoms with Crippen molar-refractivity contribution in [3.8, 4) is 0 Å². The van der Waals surface area contributed by atoms with E-state index in [9.17, 15) is 9.59 Å². The second kappa shape index (κ2) is 7.12. The minimum Gasteiger partial charge on any atom is -0.295 e. The number of rotatable bonds is 3. The maximum Gasteiger partial charge on any atom is 0.271 e. The van der Waals surface area contributed by atoms with Crippen molar-refractivity contribution in [3.05, 3.63) is 69.6 Å².